The molecule has 0 aliphatic rings. The summed E-state index contributed by atoms with van der Waals surface area (Å²) in [5, 5.41) is 9.65. The normalized spacial score (nSPS) is 15.5. The van der Waals surface area contributed by atoms with Gasteiger partial charge in [0.05, 0.1) is 6.10 Å². The van der Waals surface area contributed by atoms with Gasteiger partial charge in [0, 0.05) is 6.54 Å². The van der Waals surface area contributed by atoms with Crippen LogP contribution in [0.3, 0.4) is 0 Å². The van der Waals surface area contributed by atoms with Crippen LogP contribution in [0, 0.1) is 5.41 Å². The summed E-state index contributed by atoms with van der Waals surface area (Å²) in [5.74, 6) is 0. The smallest absolute Gasteiger partial charge is 0.0715 e. The zero-order valence-electron chi connectivity index (χ0n) is 8.39. The molecular formula is C9H21NO. The number of hydrogen-bond donors (Lipinski definition) is 1. The van der Waals surface area contributed by atoms with Gasteiger partial charge in [-0.3, -0.25) is 0 Å². The van der Waals surface area contributed by atoms with Crippen LogP contribution in [-0.4, -0.2) is 36.2 Å². The van der Waals surface area contributed by atoms with Crippen LogP contribution >= 0.6 is 0 Å². The van der Waals surface area contributed by atoms with Gasteiger partial charge in [-0.1, -0.05) is 27.7 Å². The van der Waals surface area contributed by atoms with Gasteiger partial charge in [-0.05, 0) is 19.0 Å². The minimum Gasteiger partial charge on any atom is -0.391 e. The lowest BCUT2D eigenvalue weighted by atomic mass is 9.89. The van der Waals surface area contributed by atoms with Crippen molar-refractivity contribution in [3.05, 3.63) is 0 Å². The van der Waals surface area contributed by atoms with Gasteiger partial charge in [-0.15, -0.1) is 0 Å². The first-order chi connectivity index (χ1) is 4.88. The molecule has 0 radical (unpaired) electrons. The summed E-state index contributed by atoms with van der Waals surface area (Å²) >= 11 is 0. The van der Waals surface area contributed by atoms with Gasteiger partial charge in [0.2, 0.25) is 0 Å². The van der Waals surface area contributed by atoms with E-state index in [-0.39, 0.29) is 11.5 Å². The lowest BCUT2D eigenvalue weighted by Crippen LogP contribution is -2.37. The van der Waals surface area contributed by atoms with E-state index in [9.17, 15) is 5.11 Å². The van der Waals surface area contributed by atoms with Gasteiger partial charge < -0.3 is 10.0 Å². The Labute approximate surface area is 70.2 Å². The van der Waals surface area contributed by atoms with Crippen LogP contribution in [0.15, 0.2) is 0 Å². The first-order valence-electron chi connectivity index (χ1n) is 4.24. The number of hydrogen-bond acceptors (Lipinski definition) is 2. The topological polar surface area (TPSA) is 23.5 Å². The van der Waals surface area contributed by atoms with Gasteiger partial charge in [0.25, 0.3) is 0 Å². The third-order valence-corrected chi connectivity index (χ3v) is 2.02. The van der Waals surface area contributed by atoms with Gasteiger partial charge >= 0.3 is 0 Å². The molecule has 68 valence electrons. The van der Waals surface area contributed by atoms with Crippen molar-refractivity contribution in [3.8, 4) is 0 Å². The highest BCUT2D eigenvalue weighted by atomic mass is 16.3. The van der Waals surface area contributed by atoms with Crippen LogP contribution in [0.5, 0.6) is 0 Å². The van der Waals surface area contributed by atoms with Crippen molar-refractivity contribution in [2.24, 2.45) is 5.41 Å². The molecule has 0 spiro atoms. The predicted octanol–water partition coefficient (Wildman–Crippen LogP) is 1.35. The third-order valence-electron chi connectivity index (χ3n) is 2.02. The third kappa shape index (κ3) is 4.38. The van der Waals surface area contributed by atoms with Gasteiger partial charge in [0.15, 0.2) is 0 Å². The second-order valence-corrected chi connectivity index (χ2v) is 4.24. The van der Waals surface area contributed by atoms with Crippen LogP contribution in [-0.2, 0) is 0 Å². The zero-order valence-corrected chi connectivity index (χ0v) is 8.39. The molecule has 0 fully saturated rings. The van der Waals surface area contributed by atoms with Crippen molar-refractivity contribution < 1.29 is 5.11 Å². The van der Waals surface area contributed by atoms with E-state index >= 15 is 0 Å². The summed E-state index contributed by atoms with van der Waals surface area (Å²) in [6.07, 6.45) is -0.229. The Balaban J connectivity index is 3.77. The number of rotatable bonds is 3. The van der Waals surface area contributed by atoms with Crippen molar-refractivity contribution in [3.63, 3.8) is 0 Å². The summed E-state index contributed by atoms with van der Waals surface area (Å²) in [6.45, 7) is 10.0. The molecule has 0 aliphatic carbocycles. The molecule has 1 N–H and O–H groups in total. The average molecular weight is 159 g/mol. The maximum atomic E-state index is 9.65. The fraction of sp³-hybridized carbons (Fsp3) is 1.00. The molecule has 0 aromatic heterocycles. The van der Waals surface area contributed by atoms with Crippen LogP contribution in [0.4, 0.5) is 0 Å². The van der Waals surface area contributed by atoms with Gasteiger partial charge in [-0.25, -0.2) is 0 Å². The van der Waals surface area contributed by atoms with Gasteiger partial charge in [0.1, 0.15) is 0 Å². The second-order valence-electron chi connectivity index (χ2n) is 4.24. The number of aliphatic hydroxyl groups is 1. The highest BCUT2D eigenvalue weighted by molar-refractivity contribution is 4.74. The largest absolute Gasteiger partial charge is 0.391 e. The van der Waals surface area contributed by atoms with E-state index < -0.39 is 0 Å². The molecule has 0 bridgehead atoms. The Morgan fingerprint density at radius 1 is 1.36 bits per heavy atom. The van der Waals surface area contributed by atoms with Crippen molar-refractivity contribution in [1.82, 2.24) is 4.90 Å². The standard InChI is InChI=1S/C9H21NO/c1-6-10(5)7-8(11)9(2,3)4/h8,11H,6-7H2,1-5H3. The SMILES string of the molecule is CCN(C)CC(O)C(C)(C)C. The highest BCUT2D eigenvalue weighted by Crippen LogP contribution is 2.19. The minimum absolute atomic E-state index is 0.00340. The molecular weight excluding hydrogens is 138 g/mol. The summed E-state index contributed by atoms with van der Waals surface area (Å²) in [6, 6.07) is 0. The highest BCUT2D eigenvalue weighted by Gasteiger charge is 2.22. The fourth-order valence-electron chi connectivity index (χ4n) is 0.698. The number of likely N-dealkylation sites (N-methyl/N-ethyl adjacent to an activating group) is 1. The summed E-state index contributed by atoms with van der Waals surface area (Å²) in [7, 11) is 2.02. The van der Waals surface area contributed by atoms with Crippen molar-refractivity contribution in [2.75, 3.05) is 20.1 Å². The van der Waals surface area contributed by atoms with Crippen LogP contribution in [0.2, 0.25) is 0 Å². The maximum Gasteiger partial charge on any atom is 0.0715 e. The fourth-order valence-corrected chi connectivity index (χ4v) is 0.698. The Kier molecular flexibility index (Phi) is 4.04. The lowest BCUT2D eigenvalue weighted by Gasteiger charge is -2.29. The molecule has 0 heterocycles. The molecule has 0 saturated heterocycles. The lowest BCUT2D eigenvalue weighted by molar-refractivity contribution is 0.0363. The molecule has 0 aliphatic heterocycles. The molecule has 11 heavy (non-hydrogen) atoms. The molecule has 2 heteroatoms. The van der Waals surface area contributed by atoms with E-state index in [1.54, 1.807) is 0 Å². The summed E-state index contributed by atoms with van der Waals surface area (Å²) in [4.78, 5) is 2.12. The maximum absolute atomic E-state index is 9.65. The average Bonchev–Trinajstić information content (AvgIpc) is 1.85. The molecule has 0 rings (SSSR count). The Bertz CT molecular complexity index is 107. The van der Waals surface area contributed by atoms with Crippen LogP contribution < -0.4 is 0 Å². The molecule has 0 saturated carbocycles. The van der Waals surface area contributed by atoms with Crippen molar-refractivity contribution >= 4 is 0 Å². The molecule has 2 nitrogen and oxygen atoms in total. The second kappa shape index (κ2) is 4.07. The van der Waals surface area contributed by atoms with Crippen LogP contribution in [0.1, 0.15) is 27.7 Å². The Hall–Kier alpha value is -0.0800. The van der Waals surface area contributed by atoms with Crippen LogP contribution in [0.25, 0.3) is 0 Å². The molecule has 1 atom stereocenters. The van der Waals surface area contributed by atoms with E-state index in [0.29, 0.717) is 0 Å². The monoisotopic (exact) mass is 159 g/mol. The zero-order chi connectivity index (χ0) is 9.07. The molecule has 1 unspecified atom stereocenters. The molecule has 0 aromatic carbocycles. The van der Waals surface area contributed by atoms with E-state index in [2.05, 4.69) is 32.6 Å². The Morgan fingerprint density at radius 2 is 1.82 bits per heavy atom. The molecule has 0 aromatic rings. The quantitative estimate of drug-likeness (QED) is 0.672. The summed E-state index contributed by atoms with van der Waals surface area (Å²) < 4.78 is 0. The first kappa shape index (κ1) is 10.9. The number of aliphatic hydroxyl groups excluding tert-OH is 1. The first-order valence-corrected chi connectivity index (χ1v) is 4.24. The minimum atomic E-state index is -0.229. The van der Waals surface area contributed by atoms with Gasteiger partial charge in [-0.2, -0.15) is 0 Å². The molecule has 0 amide bonds. The van der Waals surface area contributed by atoms with E-state index in [1.807, 2.05) is 7.05 Å². The predicted molar refractivity (Wildman–Crippen MR) is 48.6 cm³/mol. The van der Waals surface area contributed by atoms with E-state index in [0.717, 1.165) is 13.1 Å². The van der Waals surface area contributed by atoms with E-state index in [1.165, 1.54) is 0 Å². The van der Waals surface area contributed by atoms with Crippen molar-refractivity contribution in [1.29, 1.82) is 0 Å². The van der Waals surface area contributed by atoms with Crippen molar-refractivity contribution in [2.45, 2.75) is 33.8 Å². The summed E-state index contributed by atoms with van der Waals surface area (Å²) in [5.41, 5.74) is 0.00340. The number of nitrogens with zero attached hydrogens (tertiary/aromatic N) is 1. The Morgan fingerprint density at radius 3 is 2.09 bits per heavy atom. The van der Waals surface area contributed by atoms with E-state index in [4.69, 9.17) is 0 Å².